The van der Waals surface area contributed by atoms with Crippen LogP contribution in [0.3, 0.4) is 0 Å². The zero-order valence-electron chi connectivity index (χ0n) is 12.2. The largest absolute Gasteiger partial charge is 0.465 e. The van der Waals surface area contributed by atoms with E-state index in [1.54, 1.807) is 0 Å². The molecule has 1 aromatic carbocycles. The van der Waals surface area contributed by atoms with Crippen LogP contribution in [-0.4, -0.2) is 18.1 Å². The van der Waals surface area contributed by atoms with E-state index < -0.39 is 17.3 Å². The predicted molar refractivity (Wildman–Crippen MR) is 78.6 cm³/mol. The summed E-state index contributed by atoms with van der Waals surface area (Å²) in [4.78, 5) is 15.3. The Morgan fingerprint density at radius 1 is 1.29 bits per heavy atom. The van der Waals surface area contributed by atoms with Crippen LogP contribution >= 0.6 is 0 Å². The van der Waals surface area contributed by atoms with Crippen molar-refractivity contribution in [1.29, 1.82) is 0 Å². The van der Waals surface area contributed by atoms with Gasteiger partial charge in [0.25, 0.3) is 0 Å². The third kappa shape index (κ3) is 3.37. The first-order valence-corrected chi connectivity index (χ1v) is 6.51. The molecule has 2 aromatic rings. The highest BCUT2D eigenvalue weighted by atomic mass is 19.1. The highest BCUT2D eigenvalue weighted by molar-refractivity contribution is 5.89. The van der Waals surface area contributed by atoms with E-state index in [1.807, 2.05) is 44.2 Å². The Hall–Kier alpha value is -2.43. The minimum Gasteiger partial charge on any atom is -0.465 e. The first kappa shape index (κ1) is 15.0. The molecule has 1 aromatic heterocycles. The molecule has 21 heavy (non-hydrogen) atoms. The Balaban J connectivity index is 2.26. The maximum absolute atomic E-state index is 14.1. The summed E-state index contributed by atoms with van der Waals surface area (Å²) in [6.45, 7) is 3.86. The molecule has 4 nitrogen and oxygen atoms in total. The number of aromatic nitrogens is 1. The summed E-state index contributed by atoms with van der Waals surface area (Å²) in [5, 5.41) is 3.05. The highest BCUT2D eigenvalue weighted by Gasteiger charge is 2.22. The van der Waals surface area contributed by atoms with Gasteiger partial charge >= 0.3 is 5.97 Å². The van der Waals surface area contributed by atoms with Crippen molar-refractivity contribution in [2.45, 2.75) is 19.4 Å². The number of hydrogen-bond donors (Lipinski definition) is 1. The SMILES string of the molecule is COC(=O)c1cnc(NC(C)(C)c2ccccc2)c(F)c1. The minimum atomic E-state index is -0.615. The molecule has 0 fully saturated rings. The first-order valence-electron chi connectivity index (χ1n) is 6.51. The highest BCUT2D eigenvalue weighted by Crippen LogP contribution is 2.26. The van der Waals surface area contributed by atoms with Crippen LogP contribution in [0.1, 0.15) is 29.8 Å². The quantitative estimate of drug-likeness (QED) is 0.877. The van der Waals surface area contributed by atoms with Gasteiger partial charge in [0.2, 0.25) is 0 Å². The topological polar surface area (TPSA) is 51.2 Å². The normalized spacial score (nSPS) is 11.0. The molecule has 1 heterocycles. The standard InChI is InChI=1S/C16H17FN2O2/c1-16(2,12-7-5-4-6-8-12)19-14-13(17)9-11(10-18-14)15(20)21-3/h4-10H,1-3H3,(H,18,19). The summed E-state index contributed by atoms with van der Waals surface area (Å²) in [5.74, 6) is -1.12. The second kappa shape index (κ2) is 5.91. The van der Waals surface area contributed by atoms with Crippen LogP contribution in [0.15, 0.2) is 42.6 Å². The van der Waals surface area contributed by atoms with E-state index in [9.17, 15) is 9.18 Å². The maximum atomic E-state index is 14.1. The van der Waals surface area contributed by atoms with Crippen LogP contribution in [0.25, 0.3) is 0 Å². The van der Waals surface area contributed by atoms with Gasteiger partial charge in [-0.3, -0.25) is 0 Å². The lowest BCUT2D eigenvalue weighted by Crippen LogP contribution is -2.29. The summed E-state index contributed by atoms with van der Waals surface area (Å²) >= 11 is 0. The lowest BCUT2D eigenvalue weighted by atomic mass is 9.94. The third-order valence-electron chi connectivity index (χ3n) is 3.19. The molecule has 0 atom stereocenters. The van der Waals surface area contributed by atoms with Crippen LogP contribution in [0.4, 0.5) is 10.2 Å². The number of methoxy groups -OCH3 is 1. The van der Waals surface area contributed by atoms with E-state index in [4.69, 9.17) is 0 Å². The zero-order chi connectivity index (χ0) is 15.5. The lowest BCUT2D eigenvalue weighted by Gasteiger charge is -2.27. The van der Waals surface area contributed by atoms with E-state index in [0.29, 0.717) is 0 Å². The van der Waals surface area contributed by atoms with Gasteiger partial charge in [0.05, 0.1) is 18.2 Å². The van der Waals surface area contributed by atoms with Crippen molar-refractivity contribution in [2.75, 3.05) is 12.4 Å². The van der Waals surface area contributed by atoms with E-state index in [1.165, 1.54) is 13.3 Å². The van der Waals surface area contributed by atoms with E-state index >= 15 is 0 Å². The Kier molecular flexibility index (Phi) is 4.21. The monoisotopic (exact) mass is 288 g/mol. The average Bonchev–Trinajstić information content (AvgIpc) is 2.49. The summed E-state index contributed by atoms with van der Waals surface area (Å²) in [6.07, 6.45) is 1.29. The number of nitrogens with one attached hydrogen (secondary N) is 1. The summed E-state index contributed by atoms with van der Waals surface area (Å²) in [6, 6.07) is 10.8. The fourth-order valence-corrected chi connectivity index (χ4v) is 1.98. The fraction of sp³-hybridized carbons (Fsp3) is 0.250. The number of carbonyl (C=O) groups excluding carboxylic acids is 1. The van der Waals surface area contributed by atoms with Crippen LogP contribution in [-0.2, 0) is 10.3 Å². The van der Waals surface area contributed by atoms with Gasteiger partial charge in [-0.05, 0) is 25.5 Å². The van der Waals surface area contributed by atoms with Gasteiger partial charge in [-0.2, -0.15) is 0 Å². The molecule has 0 aliphatic heterocycles. The van der Waals surface area contributed by atoms with Crippen molar-refractivity contribution in [1.82, 2.24) is 4.98 Å². The van der Waals surface area contributed by atoms with Gasteiger partial charge in [0, 0.05) is 6.20 Å². The van der Waals surface area contributed by atoms with Crippen LogP contribution in [0, 0.1) is 5.82 Å². The first-order chi connectivity index (χ1) is 9.94. The smallest absolute Gasteiger partial charge is 0.339 e. The Labute approximate surface area is 123 Å². The van der Waals surface area contributed by atoms with Crippen molar-refractivity contribution in [2.24, 2.45) is 0 Å². The zero-order valence-corrected chi connectivity index (χ0v) is 12.2. The molecule has 0 amide bonds. The molecule has 0 spiro atoms. The van der Waals surface area contributed by atoms with Crippen LogP contribution < -0.4 is 5.32 Å². The number of benzene rings is 1. The molecule has 0 unspecified atom stereocenters. The van der Waals surface area contributed by atoms with Crippen molar-refractivity contribution >= 4 is 11.8 Å². The molecule has 0 saturated carbocycles. The second-order valence-corrected chi connectivity index (χ2v) is 5.16. The van der Waals surface area contributed by atoms with Gasteiger partial charge in [-0.1, -0.05) is 30.3 Å². The molecule has 0 bridgehead atoms. The molecule has 110 valence electrons. The molecule has 0 aliphatic rings. The Morgan fingerprint density at radius 2 is 1.95 bits per heavy atom. The number of esters is 1. The van der Waals surface area contributed by atoms with E-state index in [-0.39, 0.29) is 11.4 Å². The Bertz CT molecular complexity index is 642. The minimum absolute atomic E-state index is 0.0815. The molecule has 0 aliphatic carbocycles. The second-order valence-electron chi connectivity index (χ2n) is 5.16. The van der Waals surface area contributed by atoms with Crippen molar-refractivity contribution in [3.8, 4) is 0 Å². The average molecular weight is 288 g/mol. The molecule has 0 radical (unpaired) electrons. The van der Waals surface area contributed by atoms with Gasteiger partial charge in [0.15, 0.2) is 11.6 Å². The summed E-state index contributed by atoms with van der Waals surface area (Å²) < 4.78 is 18.6. The number of ether oxygens (including phenoxy) is 1. The number of halogens is 1. The van der Waals surface area contributed by atoms with Gasteiger partial charge in [-0.15, -0.1) is 0 Å². The van der Waals surface area contributed by atoms with Gasteiger partial charge in [-0.25, -0.2) is 14.2 Å². The number of nitrogens with zero attached hydrogens (tertiary/aromatic N) is 1. The summed E-state index contributed by atoms with van der Waals surface area (Å²) in [5.41, 5.74) is 0.586. The number of rotatable bonds is 4. The molecular formula is C16H17FN2O2. The number of pyridine rings is 1. The van der Waals surface area contributed by atoms with E-state index in [0.717, 1.165) is 11.6 Å². The van der Waals surface area contributed by atoms with Crippen molar-refractivity contribution in [3.63, 3.8) is 0 Å². The van der Waals surface area contributed by atoms with Crippen molar-refractivity contribution in [3.05, 3.63) is 59.5 Å². The maximum Gasteiger partial charge on any atom is 0.339 e. The molecular weight excluding hydrogens is 271 g/mol. The molecule has 2 rings (SSSR count). The number of carbonyl (C=O) groups is 1. The Morgan fingerprint density at radius 3 is 2.52 bits per heavy atom. The number of anilines is 1. The molecule has 0 saturated heterocycles. The summed E-state index contributed by atoms with van der Waals surface area (Å²) in [7, 11) is 1.24. The van der Waals surface area contributed by atoms with Crippen LogP contribution in [0.5, 0.6) is 0 Å². The molecule has 1 N–H and O–H groups in total. The van der Waals surface area contributed by atoms with Gasteiger partial charge < -0.3 is 10.1 Å². The predicted octanol–water partition coefficient (Wildman–Crippen LogP) is 3.35. The van der Waals surface area contributed by atoms with Gasteiger partial charge in [0.1, 0.15) is 0 Å². The fourth-order valence-electron chi connectivity index (χ4n) is 1.98. The van der Waals surface area contributed by atoms with Crippen molar-refractivity contribution < 1.29 is 13.9 Å². The van der Waals surface area contributed by atoms with E-state index in [2.05, 4.69) is 15.0 Å². The molecule has 5 heteroatoms. The third-order valence-corrected chi connectivity index (χ3v) is 3.19. The van der Waals surface area contributed by atoms with Crippen LogP contribution in [0.2, 0.25) is 0 Å². The number of hydrogen-bond acceptors (Lipinski definition) is 4. The lowest BCUT2D eigenvalue weighted by molar-refractivity contribution is 0.0599.